The van der Waals surface area contributed by atoms with E-state index in [4.69, 9.17) is 0 Å². The maximum Gasteiger partial charge on any atom is 0.150 e. The van der Waals surface area contributed by atoms with Crippen molar-refractivity contribution in [2.24, 2.45) is 5.92 Å². The molecule has 0 aromatic heterocycles. The van der Waals surface area contributed by atoms with Crippen molar-refractivity contribution in [3.05, 3.63) is 0 Å². The number of alkyl halides is 1. The number of hydrogen-bond donors (Lipinski definition) is 1. The van der Waals surface area contributed by atoms with Crippen LogP contribution in [0.3, 0.4) is 0 Å². The zero-order valence-corrected chi connectivity index (χ0v) is 11.9. The number of nitrogens with one attached hydrogen (secondary N) is 1. The first kappa shape index (κ1) is 14.3. The van der Waals surface area contributed by atoms with Gasteiger partial charge in [-0.05, 0) is 44.6 Å². The Hall–Kier alpha value is -0.160. The van der Waals surface area contributed by atoms with Gasteiger partial charge >= 0.3 is 0 Å². The minimum Gasteiger partial charge on any atom is -0.311 e. The average molecular weight is 277 g/mol. The summed E-state index contributed by atoms with van der Waals surface area (Å²) in [6.45, 7) is 0.896. The Bertz CT molecular complexity index is 365. The lowest BCUT2D eigenvalue weighted by molar-refractivity contribution is 0.123. The summed E-state index contributed by atoms with van der Waals surface area (Å²) in [4.78, 5) is 0. The maximum atomic E-state index is 14.5. The van der Waals surface area contributed by atoms with Crippen LogP contribution in [-0.4, -0.2) is 38.7 Å². The van der Waals surface area contributed by atoms with Gasteiger partial charge in [0.25, 0.3) is 0 Å². The third-order valence-electron chi connectivity index (χ3n) is 4.46. The average Bonchev–Trinajstić information content (AvgIpc) is 2.38. The second-order valence-corrected chi connectivity index (χ2v) is 8.20. The lowest BCUT2D eigenvalue weighted by Gasteiger charge is -2.35. The van der Waals surface area contributed by atoms with Crippen molar-refractivity contribution in [2.45, 2.75) is 62.4 Å². The molecule has 0 radical (unpaired) electrons. The first-order valence-electron chi connectivity index (χ1n) is 7.05. The molecule has 1 aliphatic carbocycles. The molecule has 1 saturated carbocycles. The van der Waals surface area contributed by atoms with Gasteiger partial charge in [0.05, 0.1) is 5.25 Å². The first-order chi connectivity index (χ1) is 8.48. The lowest BCUT2D eigenvalue weighted by Crippen LogP contribution is -2.46. The van der Waals surface area contributed by atoms with E-state index < -0.39 is 16.0 Å². The Labute approximate surface area is 109 Å². The molecular formula is C13H24FNO2S. The van der Waals surface area contributed by atoms with Crippen LogP contribution in [-0.2, 0) is 9.84 Å². The van der Waals surface area contributed by atoms with Crippen LogP contribution >= 0.6 is 0 Å². The van der Waals surface area contributed by atoms with Gasteiger partial charge in [-0.1, -0.05) is 12.8 Å². The predicted molar refractivity (Wildman–Crippen MR) is 71.1 cm³/mol. The molecule has 3 nitrogen and oxygen atoms in total. The van der Waals surface area contributed by atoms with E-state index in [1.54, 1.807) is 0 Å². The number of rotatable bonds is 3. The second kappa shape index (κ2) is 5.87. The fourth-order valence-corrected chi connectivity index (χ4v) is 4.53. The molecule has 18 heavy (non-hydrogen) atoms. The van der Waals surface area contributed by atoms with Crippen molar-refractivity contribution in [2.75, 3.05) is 12.8 Å². The highest BCUT2D eigenvalue weighted by atomic mass is 32.2. The van der Waals surface area contributed by atoms with E-state index in [1.165, 1.54) is 6.26 Å². The highest BCUT2D eigenvalue weighted by molar-refractivity contribution is 7.91. The summed E-state index contributed by atoms with van der Waals surface area (Å²) in [6, 6.07) is -0.0536. The Balaban J connectivity index is 1.95. The molecule has 0 amide bonds. The highest BCUT2D eigenvalue weighted by Gasteiger charge is 2.36. The topological polar surface area (TPSA) is 46.2 Å². The standard InChI is InChI=1S/C13H24FNO2S/c1-18(16,17)11-6-4-5-10(9-11)13(14)12-7-2-3-8-15-12/h10-13,15H,2-9H2,1H3. The van der Waals surface area contributed by atoms with Crippen molar-refractivity contribution in [1.29, 1.82) is 0 Å². The fraction of sp³-hybridized carbons (Fsp3) is 1.00. The molecule has 2 rings (SSSR count). The monoisotopic (exact) mass is 277 g/mol. The number of hydrogen-bond acceptors (Lipinski definition) is 3. The molecule has 1 heterocycles. The van der Waals surface area contributed by atoms with Gasteiger partial charge in [0.1, 0.15) is 16.0 Å². The van der Waals surface area contributed by atoms with Gasteiger partial charge in [-0.25, -0.2) is 12.8 Å². The van der Waals surface area contributed by atoms with Crippen LogP contribution in [0.15, 0.2) is 0 Å². The van der Waals surface area contributed by atoms with Crippen molar-refractivity contribution in [1.82, 2.24) is 5.32 Å². The van der Waals surface area contributed by atoms with Crippen molar-refractivity contribution < 1.29 is 12.8 Å². The van der Waals surface area contributed by atoms with Crippen molar-refractivity contribution in [3.8, 4) is 0 Å². The van der Waals surface area contributed by atoms with E-state index in [1.807, 2.05) is 0 Å². The molecule has 1 aliphatic heterocycles. The third kappa shape index (κ3) is 3.44. The van der Waals surface area contributed by atoms with Crippen LogP contribution < -0.4 is 5.32 Å². The number of halogens is 1. The fourth-order valence-electron chi connectivity index (χ4n) is 3.34. The summed E-state index contributed by atoms with van der Waals surface area (Å²) in [5.74, 6) is -0.0749. The van der Waals surface area contributed by atoms with Crippen LogP contribution in [0.25, 0.3) is 0 Å². The van der Waals surface area contributed by atoms with E-state index in [0.717, 1.165) is 38.6 Å². The quantitative estimate of drug-likeness (QED) is 0.859. The van der Waals surface area contributed by atoms with Gasteiger partial charge in [0.15, 0.2) is 0 Å². The van der Waals surface area contributed by atoms with Gasteiger partial charge < -0.3 is 5.32 Å². The molecule has 2 aliphatic rings. The highest BCUT2D eigenvalue weighted by Crippen LogP contribution is 2.34. The van der Waals surface area contributed by atoms with Crippen LogP contribution in [0.1, 0.15) is 44.9 Å². The van der Waals surface area contributed by atoms with Crippen molar-refractivity contribution >= 4 is 9.84 Å². The zero-order valence-electron chi connectivity index (χ0n) is 11.1. The Morgan fingerprint density at radius 3 is 2.56 bits per heavy atom. The SMILES string of the molecule is CS(=O)(=O)C1CCCC(C(F)C2CCCCN2)C1. The summed E-state index contributed by atoms with van der Waals surface area (Å²) in [5.41, 5.74) is 0. The Morgan fingerprint density at radius 2 is 1.94 bits per heavy atom. The van der Waals surface area contributed by atoms with E-state index in [2.05, 4.69) is 5.32 Å². The summed E-state index contributed by atoms with van der Waals surface area (Å²) in [6.07, 6.45) is 6.40. The molecule has 1 N–H and O–H groups in total. The molecule has 0 aromatic rings. The maximum absolute atomic E-state index is 14.5. The molecule has 0 bridgehead atoms. The second-order valence-electron chi connectivity index (χ2n) is 5.88. The molecule has 0 spiro atoms. The van der Waals surface area contributed by atoms with Crippen LogP contribution in [0.2, 0.25) is 0 Å². The molecule has 1 saturated heterocycles. The van der Waals surface area contributed by atoms with E-state index in [9.17, 15) is 12.8 Å². The summed E-state index contributed by atoms with van der Waals surface area (Å²) < 4.78 is 37.7. The van der Waals surface area contributed by atoms with Gasteiger partial charge in [0.2, 0.25) is 0 Å². The van der Waals surface area contributed by atoms with Crippen LogP contribution in [0, 0.1) is 5.92 Å². The molecule has 0 aromatic carbocycles. The summed E-state index contributed by atoms with van der Waals surface area (Å²) in [7, 11) is -3.01. The number of sulfone groups is 1. The molecular weight excluding hydrogens is 253 g/mol. The van der Waals surface area contributed by atoms with Gasteiger partial charge in [0, 0.05) is 12.3 Å². The van der Waals surface area contributed by atoms with Crippen LogP contribution in [0.4, 0.5) is 4.39 Å². The van der Waals surface area contributed by atoms with E-state index in [-0.39, 0.29) is 17.2 Å². The van der Waals surface area contributed by atoms with Gasteiger partial charge in [-0.2, -0.15) is 0 Å². The molecule has 4 atom stereocenters. The van der Waals surface area contributed by atoms with Crippen molar-refractivity contribution in [3.63, 3.8) is 0 Å². The zero-order chi connectivity index (χ0) is 13.2. The Morgan fingerprint density at radius 1 is 1.17 bits per heavy atom. The molecule has 4 unspecified atom stereocenters. The molecule has 106 valence electrons. The first-order valence-corrected chi connectivity index (χ1v) is 9.00. The Kier molecular flexibility index (Phi) is 4.64. The molecule has 5 heteroatoms. The molecule has 2 fully saturated rings. The van der Waals surface area contributed by atoms with Gasteiger partial charge in [-0.3, -0.25) is 0 Å². The largest absolute Gasteiger partial charge is 0.311 e. The number of piperidine rings is 1. The smallest absolute Gasteiger partial charge is 0.150 e. The van der Waals surface area contributed by atoms with E-state index >= 15 is 0 Å². The minimum atomic E-state index is -3.01. The van der Waals surface area contributed by atoms with Gasteiger partial charge in [-0.15, -0.1) is 0 Å². The predicted octanol–water partition coefficient (Wildman–Crippen LogP) is 2.07. The van der Waals surface area contributed by atoms with E-state index in [0.29, 0.717) is 12.8 Å². The van der Waals surface area contributed by atoms with Crippen LogP contribution in [0.5, 0.6) is 0 Å². The summed E-state index contributed by atoms with van der Waals surface area (Å²) >= 11 is 0. The third-order valence-corrected chi connectivity index (χ3v) is 6.09. The lowest BCUT2D eigenvalue weighted by atomic mass is 9.81. The normalized spacial score (nSPS) is 36.2. The minimum absolute atomic E-state index is 0.0536. The summed E-state index contributed by atoms with van der Waals surface area (Å²) in [5, 5.41) is 2.92.